The molecule has 3 rings (SSSR count). The molecule has 0 radical (unpaired) electrons. The molecule has 0 aliphatic heterocycles. The monoisotopic (exact) mass is 296 g/mol. The van der Waals surface area contributed by atoms with Crippen molar-refractivity contribution in [1.82, 2.24) is 9.97 Å². The summed E-state index contributed by atoms with van der Waals surface area (Å²) in [7, 11) is 0. The highest BCUT2D eigenvalue weighted by atomic mass is 15.1. The first-order valence-electron chi connectivity index (χ1n) is 8.11. The summed E-state index contributed by atoms with van der Waals surface area (Å²) in [6, 6.07) is 11.0. The molecule has 1 aliphatic carbocycles. The zero-order valence-corrected chi connectivity index (χ0v) is 13.4. The molecule has 0 spiro atoms. The Morgan fingerprint density at radius 1 is 1.05 bits per heavy atom. The van der Waals surface area contributed by atoms with Crippen molar-refractivity contribution in [3.05, 3.63) is 47.3 Å². The highest BCUT2D eigenvalue weighted by molar-refractivity contribution is 5.48. The predicted octanol–water partition coefficient (Wildman–Crippen LogP) is 4.06. The fourth-order valence-electron chi connectivity index (χ4n) is 3.01. The SMILES string of the molecule is Cc1nc(NCc2ccccc2C)cc(NC2CCCC2)n1. The molecule has 2 N–H and O–H groups in total. The number of benzene rings is 1. The molecule has 2 aromatic rings. The molecule has 0 bridgehead atoms. The highest BCUT2D eigenvalue weighted by Crippen LogP contribution is 2.22. The average Bonchev–Trinajstić information content (AvgIpc) is 2.99. The molecule has 1 aromatic heterocycles. The molecule has 1 saturated carbocycles. The Kier molecular flexibility index (Phi) is 4.56. The molecule has 1 heterocycles. The second-order valence-electron chi connectivity index (χ2n) is 6.09. The van der Waals surface area contributed by atoms with Gasteiger partial charge in [-0.1, -0.05) is 37.1 Å². The van der Waals surface area contributed by atoms with E-state index >= 15 is 0 Å². The normalized spacial score (nSPS) is 15.0. The van der Waals surface area contributed by atoms with Crippen LogP contribution in [0.2, 0.25) is 0 Å². The Labute approximate surface area is 132 Å². The van der Waals surface area contributed by atoms with E-state index in [4.69, 9.17) is 0 Å². The van der Waals surface area contributed by atoms with Gasteiger partial charge in [-0.3, -0.25) is 0 Å². The van der Waals surface area contributed by atoms with Crippen LogP contribution in [0.4, 0.5) is 11.6 Å². The van der Waals surface area contributed by atoms with Crippen molar-refractivity contribution in [2.45, 2.75) is 52.1 Å². The quantitative estimate of drug-likeness (QED) is 0.873. The Morgan fingerprint density at radius 2 is 1.77 bits per heavy atom. The van der Waals surface area contributed by atoms with Gasteiger partial charge in [-0.2, -0.15) is 0 Å². The maximum absolute atomic E-state index is 4.51. The Balaban J connectivity index is 1.68. The molecule has 4 nitrogen and oxygen atoms in total. The topological polar surface area (TPSA) is 49.8 Å². The third-order valence-electron chi connectivity index (χ3n) is 4.27. The summed E-state index contributed by atoms with van der Waals surface area (Å²) < 4.78 is 0. The highest BCUT2D eigenvalue weighted by Gasteiger charge is 2.15. The standard InChI is InChI=1S/C18H24N4/c1-13-7-3-4-8-15(13)12-19-17-11-18(21-14(2)20-17)22-16-9-5-6-10-16/h3-4,7-8,11,16H,5-6,9-10,12H2,1-2H3,(H2,19,20,21,22). The number of nitrogens with one attached hydrogen (secondary N) is 2. The number of hydrogen-bond acceptors (Lipinski definition) is 4. The summed E-state index contributed by atoms with van der Waals surface area (Å²) in [5.41, 5.74) is 2.59. The molecule has 4 heteroatoms. The summed E-state index contributed by atoms with van der Waals surface area (Å²) >= 11 is 0. The maximum Gasteiger partial charge on any atom is 0.132 e. The summed E-state index contributed by atoms with van der Waals surface area (Å²) in [4.78, 5) is 9.00. The number of anilines is 2. The molecule has 0 atom stereocenters. The van der Waals surface area contributed by atoms with E-state index in [1.165, 1.54) is 36.8 Å². The van der Waals surface area contributed by atoms with E-state index in [1.807, 2.05) is 13.0 Å². The molecule has 0 unspecified atom stereocenters. The lowest BCUT2D eigenvalue weighted by Crippen LogP contribution is -2.16. The second-order valence-corrected chi connectivity index (χ2v) is 6.09. The van der Waals surface area contributed by atoms with Crippen molar-refractivity contribution >= 4 is 11.6 Å². The first-order chi connectivity index (χ1) is 10.7. The van der Waals surface area contributed by atoms with E-state index in [-0.39, 0.29) is 0 Å². The third-order valence-corrected chi connectivity index (χ3v) is 4.27. The Bertz CT molecular complexity index is 633. The molecule has 116 valence electrons. The van der Waals surface area contributed by atoms with Crippen molar-refractivity contribution in [2.24, 2.45) is 0 Å². The number of rotatable bonds is 5. The third kappa shape index (κ3) is 3.75. The molecular weight excluding hydrogens is 272 g/mol. The zero-order chi connectivity index (χ0) is 15.4. The van der Waals surface area contributed by atoms with Crippen molar-refractivity contribution in [1.29, 1.82) is 0 Å². The smallest absolute Gasteiger partial charge is 0.132 e. The summed E-state index contributed by atoms with van der Waals surface area (Å²) in [6.07, 6.45) is 5.13. The number of aromatic nitrogens is 2. The van der Waals surface area contributed by atoms with Crippen LogP contribution in [0.3, 0.4) is 0 Å². The number of hydrogen-bond donors (Lipinski definition) is 2. The van der Waals surface area contributed by atoms with Gasteiger partial charge in [0.1, 0.15) is 17.5 Å². The average molecular weight is 296 g/mol. The fourth-order valence-corrected chi connectivity index (χ4v) is 3.01. The summed E-state index contributed by atoms with van der Waals surface area (Å²) in [6.45, 7) is 4.86. The number of aryl methyl sites for hydroxylation is 2. The van der Waals surface area contributed by atoms with Gasteiger partial charge in [0.25, 0.3) is 0 Å². The van der Waals surface area contributed by atoms with Gasteiger partial charge in [0, 0.05) is 18.7 Å². The fraction of sp³-hybridized carbons (Fsp3) is 0.444. The second kappa shape index (κ2) is 6.77. The lowest BCUT2D eigenvalue weighted by atomic mass is 10.1. The van der Waals surface area contributed by atoms with Gasteiger partial charge in [-0.25, -0.2) is 9.97 Å². The van der Waals surface area contributed by atoms with Crippen LogP contribution in [-0.2, 0) is 6.54 Å². The summed E-state index contributed by atoms with van der Waals surface area (Å²) in [5.74, 6) is 2.62. The van der Waals surface area contributed by atoms with E-state index in [9.17, 15) is 0 Å². The van der Waals surface area contributed by atoms with Crippen molar-refractivity contribution < 1.29 is 0 Å². The van der Waals surface area contributed by atoms with Gasteiger partial charge in [-0.15, -0.1) is 0 Å². The van der Waals surface area contributed by atoms with Crippen LogP contribution in [0.15, 0.2) is 30.3 Å². The Hall–Kier alpha value is -2.10. The lowest BCUT2D eigenvalue weighted by molar-refractivity contribution is 0.748. The van der Waals surface area contributed by atoms with Gasteiger partial charge < -0.3 is 10.6 Å². The minimum Gasteiger partial charge on any atom is -0.367 e. The van der Waals surface area contributed by atoms with Crippen LogP contribution in [0.25, 0.3) is 0 Å². The van der Waals surface area contributed by atoms with Gasteiger partial charge in [0.2, 0.25) is 0 Å². The molecule has 1 aromatic carbocycles. The zero-order valence-electron chi connectivity index (χ0n) is 13.4. The lowest BCUT2D eigenvalue weighted by Gasteiger charge is -2.15. The van der Waals surface area contributed by atoms with E-state index in [0.29, 0.717) is 6.04 Å². The van der Waals surface area contributed by atoms with E-state index in [1.54, 1.807) is 0 Å². The van der Waals surface area contributed by atoms with Crippen molar-refractivity contribution in [2.75, 3.05) is 10.6 Å². The van der Waals surface area contributed by atoms with Crippen LogP contribution in [0.5, 0.6) is 0 Å². The molecule has 1 aliphatic rings. The number of nitrogens with zero attached hydrogens (tertiary/aromatic N) is 2. The molecular formula is C18H24N4. The van der Waals surface area contributed by atoms with Gasteiger partial charge in [0.15, 0.2) is 0 Å². The molecule has 0 amide bonds. The van der Waals surface area contributed by atoms with Crippen LogP contribution in [-0.4, -0.2) is 16.0 Å². The van der Waals surface area contributed by atoms with Gasteiger partial charge in [0.05, 0.1) is 0 Å². The van der Waals surface area contributed by atoms with Gasteiger partial charge >= 0.3 is 0 Å². The van der Waals surface area contributed by atoms with Crippen molar-refractivity contribution in [3.63, 3.8) is 0 Å². The van der Waals surface area contributed by atoms with Gasteiger partial charge in [-0.05, 0) is 37.8 Å². The van der Waals surface area contributed by atoms with Crippen molar-refractivity contribution in [3.8, 4) is 0 Å². The van der Waals surface area contributed by atoms with E-state index in [2.05, 4.69) is 51.8 Å². The van der Waals surface area contributed by atoms with E-state index < -0.39 is 0 Å². The molecule has 22 heavy (non-hydrogen) atoms. The summed E-state index contributed by atoms with van der Waals surface area (Å²) in [5, 5.41) is 6.96. The maximum atomic E-state index is 4.51. The van der Waals surface area contributed by atoms with Crippen LogP contribution in [0, 0.1) is 13.8 Å². The largest absolute Gasteiger partial charge is 0.367 e. The first-order valence-corrected chi connectivity index (χ1v) is 8.11. The van der Waals surface area contributed by atoms with E-state index in [0.717, 1.165) is 24.0 Å². The minimum atomic E-state index is 0.568. The van der Waals surface area contributed by atoms with Crippen LogP contribution < -0.4 is 10.6 Å². The van der Waals surface area contributed by atoms with Crippen LogP contribution in [0.1, 0.15) is 42.6 Å². The first kappa shape index (κ1) is 14.8. The Morgan fingerprint density at radius 3 is 2.55 bits per heavy atom. The molecule has 0 saturated heterocycles. The predicted molar refractivity (Wildman–Crippen MR) is 91.2 cm³/mol. The van der Waals surface area contributed by atoms with Crippen LogP contribution >= 0.6 is 0 Å². The minimum absolute atomic E-state index is 0.568. The molecule has 1 fully saturated rings.